The van der Waals surface area contributed by atoms with Crippen LogP contribution in [-0.4, -0.2) is 14.3 Å². The maximum Gasteiger partial charge on any atom is 0.322 e. The molecule has 0 fully saturated rings. The van der Waals surface area contributed by atoms with E-state index in [2.05, 4.69) is 11.1 Å². The van der Waals surface area contributed by atoms with Gasteiger partial charge in [0.2, 0.25) is 0 Å². The first-order valence-corrected chi connectivity index (χ1v) is 5.51. The van der Waals surface area contributed by atoms with Gasteiger partial charge in [0.1, 0.15) is 11.8 Å². The van der Waals surface area contributed by atoms with Crippen molar-refractivity contribution >= 4 is 20.0 Å². The van der Waals surface area contributed by atoms with Gasteiger partial charge in [-0.15, -0.1) is 0 Å². The summed E-state index contributed by atoms with van der Waals surface area (Å²) in [4.78, 5) is 4.33. The summed E-state index contributed by atoms with van der Waals surface area (Å²) < 4.78 is 5.23. The van der Waals surface area contributed by atoms with Gasteiger partial charge in [-0.05, 0) is 24.3 Å². The van der Waals surface area contributed by atoms with Gasteiger partial charge in [0.25, 0.3) is 0 Å². The molecule has 0 spiro atoms. The summed E-state index contributed by atoms with van der Waals surface area (Å²) in [5, 5.41) is 8.97. The van der Waals surface area contributed by atoms with Gasteiger partial charge in [0.15, 0.2) is 0 Å². The van der Waals surface area contributed by atoms with Gasteiger partial charge < -0.3 is 4.65 Å². The number of benzene rings is 2. The fourth-order valence-electron chi connectivity index (χ4n) is 1.59. The van der Waals surface area contributed by atoms with Gasteiger partial charge in [-0.1, -0.05) is 24.3 Å². The average molecular weight is 234 g/mol. The number of hydrogen-bond acceptors (Lipinski definition) is 3. The first kappa shape index (κ1) is 11.9. The zero-order valence-corrected chi connectivity index (χ0v) is 10.00. The Hall–Kier alpha value is -2.54. The normalized spacial score (nSPS) is 10.2. The monoisotopic (exact) mass is 234 g/mol. The van der Waals surface area contributed by atoms with Gasteiger partial charge in [-0.2, -0.15) is 5.26 Å². The van der Waals surface area contributed by atoms with Gasteiger partial charge in [0, 0.05) is 11.8 Å². The highest BCUT2D eigenvalue weighted by atomic mass is 16.4. The lowest BCUT2D eigenvalue weighted by Crippen LogP contribution is -1.91. The minimum absolute atomic E-state index is 0.559. The van der Waals surface area contributed by atoms with Crippen LogP contribution in [-0.2, 0) is 0 Å². The Kier molecular flexibility index (Phi) is 3.77. The Morgan fingerprint density at radius 3 is 2.61 bits per heavy atom. The predicted octanol–water partition coefficient (Wildman–Crippen LogP) is 2.24. The van der Waals surface area contributed by atoms with E-state index in [0.29, 0.717) is 11.3 Å². The third kappa shape index (κ3) is 2.58. The number of nitriles is 1. The molecule has 18 heavy (non-hydrogen) atoms. The highest BCUT2D eigenvalue weighted by Gasteiger charge is 1.99. The highest BCUT2D eigenvalue weighted by molar-refractivity contribution is 6.01. The van der Waals surface area contributed by atoms with Crippen LogP contribution in [0.2, 0.25) is 0 Å². The Labute approximate surface area is 107 Å². The third-order valence-corrected chi connectivity index (χ3v) is 2.51. The molecule has 0 bridgehead atoms. The van der Waals surface area contributed by atoms with Crippen LogP contribution in [0, 0.1) is 11.3 Å². The second-order valence-electron chi connectivity index (χ2n) is 3.63. The number of rotatable bonds is 3. The zero-order valence-electron chi connectivity index (χ0n) is 10.00. The molecule has 0 unspecified atom stereocenters. The van der Waals surface area contributed by atoms with Crippen molar-refractivity contribution < 1.29 is 4.65 Å². The molecule has 0 N–H and O–H groups in total. The third-order valence-electron chi connectivity index (χ3n) is 2.51. The molecule has 86 valence electrons. The van der Waals surface area contributed by atoms with Crippen molar-refractivity contribution in [3.05, 3.63) is 59.7 Å². The van der Waals surface area contributed by atoms with Crippen LogP contribution in [0.5, 0.6) is 5.75 Å². The standard InChI is InChI=1S/C14H11BN2O/c15-18-14-8-4-2-6-12(14)10-17-13-7-3-1-5-11(13)9-16/h1-8,10H,15H2/b17-10+. The van der Waals surface area contributed by atoms with Gasteiger partial charge in [0.05, 0.1) is 11.3 Å². The van der Waals surface area contributed by atoms with Crippen molar-refractivity contribution in [3.8, 4) is 11.8 Å². The molecule has 0 saturated heterocycles. The molecule has 2 rings (SSSR count). The molecule has 0 amide bonds. The molecule has 3 nitrogen and oxygen atoms in total. The van der Waals surface area contributed by atoms with Crippen molar-refractivity contribution in [1.82, 2.24) is 0 Å². The van der Waals surface area contributed by atoms with E-state index in [0.717, 1.165) is 11.3 Å². The van der Waals surface area contributed by atoms with E-state index >= 15 is 0 Å². The summed E-state index contributed by atoms with van der Waals surface area (Å²) in [6.07, 6.45) is 1.70. The SMILES string of the molecule is BOc1ccccc1/C=N/c1ccccc1C#N. The lowest BCUT2D eigenvalue weighted by atomic mass is 10.2. The highest BCUT2D eigenvalue weighted by Crippen LogP contribution is 2.19. The van der Waals surface area contributed by atoms with Crippen molar-refractivity contribution in [1.29, 1.82) is 5.26 Å². The quantitative estimate of drug-likeness (QED) is 0.603. The van der Waals surface area contributed by atoms with E-state index < -0.39 is 0 Å². The smallest absolute Gasteiger partial charge is 0.322 e. The topological polar surface area (TPSA) is 45.4 Å². The lowest BCUT2D eigenvalue weighted by Gasteiger charge is -2.03. The summed E-state index contributed by atoms with van der Waals surface area (Å²) in [6, 6.07) is 17.0. The van der Waals surface area contributed by atoms with Crippen molar-refractivity contribution in [3.63, 3.8) is 0 Å². The number of hydrogen-bond donors (Lipinski definition) is 0. The number of nitrogens with zero attached hydrogens (tertiary/aromatic N) is 2. The van der Waals surface area contributed by atoms with Crippen molar-refractivity contribution in [2.75, 3.05) is 0 Å². The van der Waals surface area contributed by atoms with E-state index in [9.17, 15) is 0 Å². The second kappa shape index (κ2) is 5.69. The maximum absolute atomic E-state index is 8.97. The Bertz CT molecular complexity index is 617. The molecule has 4 heteroatoms. The van der Waals surface area contributed by atoms with Crippen LogP contribution in [0.25, 0.3) is 0 Å². The molecule has 0 aliphatic rings. The average Bonchev–Trinajstić information content (AvgIpc) is 2.45. The van der Waals surface area contributed by atoms with Crippen LogP contribution in [0.15, 0.2) is 53.5 Å². The molecule has 0 radical (unpaired) electrons. The zero-order chi connectivity index (χ0) is 12.8. The minimum Gasteiger partial charge on any atom is -0.567 e. The summed E-state index contributed by atoms with van der Waals surface area (Å²) in [7, 11) is 1.62. The van der Waals surface area contributed by atoms with E-state index in [1.807, 2.05) is 42.5 Å². The molecule has 0 aliphatic heterocycles. The molecule has 0 aromatic heterocycles. The van der Waals surface area contributed by atoms with E-state index in [1.165, 1.54) is 0 Å². The first-order chi connectivity index (χ1) is 8.85. The lowest BCUT2D eigenvalue weighted by molar-refractivity contribution is 0.615. The number of para-hydroxylation sites is 2. The first-order valence-electron chi connectivity index (χ1n) is 5.51. The molecule has 2 aromatic rings. The number of aliphatic imine (C=N–C) groups is 1. The summed E-state index contributed by atoms with van der Waals surface area (Å²) in [6.45, 7) is 0. The van der Waals surface area contributed by atoms with E-state index in [4.69, 9.17) is 9.92 Å². The van der Waals surface area contributed by atoms with E-state index in [1.54, 1.807) is 20.3 Å². The summed E-state index contributed by atoms with van der Waals surface area (Å²) in [5.41, 5.74) is 2.10. The summed E-state index contributed by atoms with van der Waals surface area (Å²) in [5.74, 6) is 0.760. The Balaban J connectivity index is 2.34. The molecule has 2 aromatic carbocycles. The molecule has 0 heterocycles. The van der Waals surface area contributed by atoms with Crippen LogP contribution < -0.4 is 4.65 Å². The molecular formula is C14H11BN2O. The maximum atomic E-state index is 8.97. The molecule has 0 aliphatic carbocycles. The van der Waals surface area contributed by atoms with Crippen molar-refractivity contribution in [2.24, 2.45) is 4.99 Å². The van der Waals surface area contributed by atoms with Crippen molar-refractivity contribution in [2.45, 2.75) is 0 Å². The van der Waals surface area contributed by atoms with Crippen LogP contribution in [0.3, 0.4) is 0 Å². The molecule has 0 atom stereocenters. The van der Waals surface area contributed by atoms with Gasteiger partial charge in [-0.25, -0.2) is 0 Å². The van der Waals surface area contributed by atoms with Crippen LogP contribution >= 0.6 is 0 Å². The minimum atomic E-state index is 0.559. The Morgan fingerprint density at radius 1 is 1.11 bits per heavy atom. The van der Waals surface area contributed by atoms with Gasteiger partial charge in [-0.3, -0.25) is 4.99 Å². The molecular weight excluding hydrogens is 223 g/mol. The van der Waals surface area contributed by atoms with Gasteiger partial charge >= 0.3 is 8.05 Å². The largest absolute Gasteiger partial charge is 0.567 e. The van der Waals surface area contributed by atoms with E-state index in [-0.39, 0.29) is 0 Å². The fraction of sp³-hybridized carbons (Fsp3) is 0. The van der Waals surface area contributed by atoms with Crippen LogP contribution in [0.4, 0.5) is 5.69 Å². The fourth-order valence-corrected chi connectivity index (χ4v) is 1.59. The second-order valence-corrected chi connectivity index (χ2v) is 3.63. The predicted molar refractivity (Wildman–Crippen MR) is 74.0 cm³/mol. The van der Waals surface area contributed by atoms with Crippen LogP contribution in [0.1, 0.15) is 11.1 Å². The Morgan fingerprint density at radius 2 is 1.83 bits per heavy atom. The molecule has 0 saturated carbocycles. The summed E-state index contributed by atoms with van der Waals surface area (Å²) >= 11 is 0.